The third-order valence-electron chi connectivity index (χ3n) is 3.30. The first-order chi connectivity index (χ1) is 11.7. The van der Waals surface area contributed by atoms with E-state index < -0.39 is 19.5 Å². The van der Waals surface area contributed by atoms with Gasteiger partial charge in [0, 0.05) is 0 Å². The second-order valence-corrected chi connectivity index (χ2v) is 9.08. The number of amides is 1. The number of ether oxygens (including phenoxy) is 1. The molecule has 0 fully saturated rings. The maximum atomic E-state index is 13.1. The molecule has 0 aromatic heterocycles. The van der Waals surface area contributed by atoms with Crippen LogP contribution in [0.2, 0.25) is 0 Å². The van der Waals surface area contributed by atoms with E-state index in [0.29, 0.717) is 6.42 Å². The molecule has 1 amide bonds. The fourth-order valence-corrected chi connectivity index (χ4v) is 4.49. The van der Waals surface area contributed by atoms with Crippen LogP contribution in [-0.2, 0) is 25.0 Å². The number of hydrogen-bond acceptors (Lipinski definition) is 5. The Bertz CT molecular complexity index is 561. The summed E-state index contributed by atoms with van der Waals surface area (Å²) in [7, 11) is -3.49. The zero-order valence-electron chi connectivity index (χ0n) is 15.8. The molecule has 1 N–H and O–H groups in total. The van der Waals surface area contributed by atoms with Gasteiger partial charge in [-0.2, -0.15) is 0 Å². The highest BCUT2D eigenvalue weighted by Gasteiger charge is 2.39. The summed E-state index contributed by atoms with van der Waals surface area (Å²) >= 11 is 0. The molecule has 1 rings (SSSR count). The fraction of sp³-hybridized carbons (Fsp3) is 0.611. The van der Waals surface area contributed by atoms with E-state index in [9.17, 15) is 9.36 Å². The van der Waals surface area contributed by atoms with Crippen LogP contribution in [0.5, 0.6) is 0 Å². The molecule has 0 radical (unpaired) electrons. The van der Waals surface area contributed by atoms with Crippen LogP contribution in [0.4, 0.5) is 4.79 Å². The van der Waals surface area contributed by atoms with Crippen molar-refractivity contribution in [1.82, 2.24) is 5.32 Å². The average molecular weight is 371 g/mol. The van der Waals surface area contributed by atoms with Crippen molar-refractivity contribution < 1.29 is 23.1 Å². The molecule has 0 saturated heterocycles. The van der Waals surface area contributed by atoms with Gasteiger partial charge in [-0.05, 0) is 31.2 Å². The van der Waals surface area contributed by atoms with Gasteiger partial charge in [-0.3, -0.25) is 4.57 Å². The molecule has 1 aromatic carbocycles. The summed E-state index contributed by atoms with van der Waals surface area (Å²) in [6.45, 7) is 10.1. The normalized spacial score (nSPS) is 13.3. The smallest absolute Gasteiger partial charge is 0.408 e. The van der Waals surface area contributed by atoms with Crippen molar-refractivity contribution in [1.29, 1.82) is 0 Å². The van der Waals surface area contributed by atoms with Gasteiger partial charge < -0.3 is 19.1 Å². The Hall–Kier alpha value is -1.36. The topological polar surface area (TPSA) is 73.9 Å². The molecule has 0 aliphatic heterocycles. The van der Waals surface area contributed by atoms with Crippen molar-refractivity contribution in [2.75, 3.05) is 13.2 Å². The van der Waals surface area contributed by atoms with Gasteiger partial charge in [-0.15, -0.1) is 0 Å². The SMILES string of the molecule is CCOP(=O)(OCC)C(CC(C)(C)C)NC(=O)OCc1ccccc1. The van der Waals surface area contributed by atoms with Gasteiger partial charge in [0.15, 0.2) is 0 Å². The van der Waals surface area contributed by atoms with Crippen molar-refractivity contribution in [2.45, 2.75) is 53.4 Å². The monoisotopic (exact) mass is 371 g/mol. The van der Waals surface area contributed by atoms with Gasteiger partial charge in [-0.25, -0.2) is 4.79 Å². The lowest BCUT2D eigenvalue weighted by Crippen LogP contribution is -2.38. The van der Waals surface area contributed by atoms with Crippen molar-refractivity contribution >= 4 is 13.7 Å². The van der Waals surface area contributed by atoms with Crippen LogP contribution >= 0.6 is 7.60 Å². The minimum atomic E-state index is -3.49. The third kappa shape index (κ3) is 8.04. The standard InChI is InChI=1S/C18H30NO5P/c1-6-23-25(21,24-7-2)16(13-18(3,4)5)19-17(20)22-14-15-11-9-8-10-12-15/h8-12,16H,6-7,13-14H2,1-5H3,(H,19,20). The summed E-state index contributed by atoms with van der Waals surface area (Å²) < 4.78 is 29.1. The van der Waals surface area contributed by atoms with Gasteiger partial charge in [0.1, 0.15) is 12.4 Å². The summed E-state index contributed by atoms with van der Waals surface area (Å²) in [6, 6.07) is 9.37. The van der Waals surface area contributed by atoms with Crippen LogP contribution in [0.3, 0.4) is 0 Å². The average Bonchev–Trinajstić information content (AvgIpc) is 2.52. The lowest BCUT2D eigenvalue weighted by Gasteiger charge is -2.31. The summed E-state index contributed by atoms with van der Waals surface area (Å²) in [5.74, 6) is -0.768. The maximum absolute atomic E-state index is 13.1. The van der Waals surface area contributed by atoms with Crippen LogP contribution in [-0.4, -0.2) is 25.1 Å². The second kappa shape index (κ2) is 9.95. The molecule has 0 bridgehead atoms. The molecule has 0 aliphatic carbocycles. The highest BCUT2D eigenvalue weighted by atomic mass is 31.2. The van der Waals surface area contributed by atoms with Crippen LogP contribution < -0.4 is 5.32 Å². The third-order valence-corrected chi connectivity index (χ3v) is 5.61. The van der Waals surface area contributed by atoms with Crippen LogP contribution in [0.25, 0.3) is 0 Å². The Labute approximate surface area is 150 Å². The molecule has 0 heterocycles. The number of alkyl carbamates (subject to hydrolysis) is 1. The van der Waals surface area contributed by atoms with Crippen LogP contribution in [0.1, 0.15) is 46.6 Å². The van der Waals surface area contributed by atoms with E-state index in [1.807, 2.05) is 51.1 Å². The molecule has 25 heavy (non-hydrogen) atoms. The van der Waals surface area contributed by atoms with E-state index >= 15 is 0 Å². The number of carbonyl (C=O) groups is 1. The van der Waals surface area contributed by atoms with Gasteiger partial charge >= 0.3 is 13.7 Å². The molecule has 0 aliphatic rings. The zero-order chi connectivity index (χ0) is 18.9. The minimum absolute atomic E-state index is 0.141. The van der Waals surface area contributed by atoms with Crippen molar-refractivity contribution in [3.05, 3.63) is 35.9 Å². The largest absolute Gasteiger partial charge is 0.445 e. The Balaban J connectivity index is 2.81. The Morgan fingerprint density at radius 3 is 2.16 bits per heavy atom. The molecule has 0 saturated carbocycles. The van der Waals surface area contributed by atoms with Gasteiger partial charge in [0.2, 0.25) is 0 Å². The molecular formula is C18H30NO5P. The predicted octanol–water partition coefficient (Wildman–Crippen LogP) is 4.94. The Morgan fingerprint density at radius 2 is 1.68 bits per heavy atom. The van der Waals surface area contributed by atoms with E-state index in [-0.39, 0.29) is 25.2 Å². The zero-order valence-corrected chi connectivity index (χ0v) is 16.7. The lowest BCUT2D eigenvalue weighted by molar-refractivity contribution is 0.131. The summed E-state index contributed by atoms with van der Waals surface area (Å²) in [6.07, 6.45) is -0.206. The van der Waals surface area contributed by atoms with Gasteiger partial charge in [-0.1, -0.05) is 51.1 Å². The van der Waals surface area contributed by atoms with Crippen molar-refractivity contribution in [3.8, 4) is 0 Å². The highest BCUT2D eigenvalue weighted by Crippen LogP contribution is 2.54. The second-order valence-electron chi connectivity index (χ2n) is 6.86. The van der Waals surface area contributed by atoms with Crippen molar-refractivity contribution in [3.63, 3.8) is 0 Å². The van der Waals surface area contributed by atoms with E-state index in [1.165, 1.54) is 0 Å². The first-order valence-electron chi connectivity index (χ1n) is 8.56. The molecule has 0 spiro atoms. The van der Waals surface area contributed by atoms with Crippen LogP contribution in [0.15, 0.2) is 30.3 Å². The number of nitrogens with one attached hydrogen (secondary N) is 1. The van der Waals surface area contributed by atoms with E-state index in [4.69, 9.17) is 13.8 Å². The van der Waals surface area contributed by atoms with Gasteiger partial charge in [0.25, 0.3) is 0 Å². The predicted molar refractivity (Wildman–Crippen MR) is 98.5 cm³/mol. The number of carbonyl (C=O) groups excluding carboxylic acids is 1. The number of benzene rings is 1. The Kier molecular flexibility index (Phi) is 8.63. The van der Waals surface area contributed by atoms with Gasteiger partial charge in [0.05, 0.1) is 13.2 Å². The fourth-order valence-electron chi connectivity index (χ4n) is 2.30. The van der Waals surface area contributed by atoms with Crippen molar-refractivity contribution in [2.24, 2.45) is 5.41 Å². The molecule has 7 heteroatoms. The molecule has 1 unspecified atom stereocenters. The molecule has 1 aromatic rings. The summed E-state index contributed by atoms with van der Waals surface area (Å²) in [5, 5.41) is 2.68. The highest BCUT2D eigenvalue weighted by molar-refractivity contribution is 7.54. The first-order valence-corrected chi connectivity index (χ1v) is 10.2. The first kappa shape index (κ1) is 21.7. The quantitative estimate of drug-likeness (QED) is 0.622. The Morgan fingerprint density at radius 1 is 1.12 bits per heavy atom. The summed E-state index contributed by atoms with van der Waals surface area (Å²) in [4.78, 5) is 12.2. The molecule has 142 valence electrons. The summed E-state index contributed by atoms with van der Waals surface area (Å²) in [5.41, 5.74) is 0.698. The maximum Gasteiger partial charge on any atom is 0.408 e. The molecule has 1 atom stereocenters. The van der Waals surface area contributed by atoms with E-state index in [2.05, 4.69) is 5.32 Å². The minimum Gasteiger partial charge on any atom is -0.445 e. The lowest BCUT2D eigenvalue weighted by atomic mass is 9.92. The molecule has 6 nitrogen and oxygen atoms in total. The number of hydrogen-bond donors (Lipinski definition) is 1. The number of rotatable bonds is 9. The van der Waals surface area contributed by atoms with E-state index in [0.717, 1.165) is 5.56 Å². The molecular weight excluding hydrogens is 341 g/mol. The van der Waals surface area contributed by atoms with Crippen LogP contribution in [0, 0.1) is 5.41 Å². The van der Waals surface area contributed by atoms with E-state index in [1.54, 1.807) is 13.8 Å².